The number of rotatable bonds is 1. The van der Waals surface area contributed by atoms with Gasteiger partial charge in [0.15, 0.2) is 0 Å². The quantitative estimate of drug-likeness (QED) is 0.193. The maximum absolute atomic E-state index is 2.48. The van der Waals surface area contributed by atoms with Crippen LogP contribution in [0.1, 0.15) is 22.3 Å². The topological polar surface area (TPSA) is 4.93 Å². The van der Waals surface area contributed by atoms with E-state index in [2.05, 4.69) is 157 Å². The summed E-state index contributed by atoms with van der Waals surface area (Å²) in [5, 5.41) is 5.24. The lowest BCUT2D eigenvalue weighted by Gasteiger charge is -2.30. The van der Waals surface area contributed by atoms with E-state index in [1.807, 2.05) is 0 Å². The zero-order valence-corrected chi connectivity index (χ0v) is 23.8. The Morgan fingerprint density at radius 1 is 0.419 bits per heavy atom. The van der Waals surface area contributed by atoms with E-state index in [-0.39, 0.29) is 5.41 Å². The van der Waals surface area contributed by atoms with Crippen LogP contribution in [0.2, 0.25) is 0 Å². The van der Waals surface area contributed by atoms with Gasteiger partial charge in [-0.2, -0.15) is 0 Å². The van der Waals surface area contributed by atoms with E-state index in [0.717, 1.165) is 0 Å². The van der Waals surface area contributed by atoms with Crippen LogP contribution >= 0.6 is 0 Å². The molecule has 8 aromatic rings. The first-order valence-electron chi connectivity index (χ1n) is 15.1. The second-order valence-corrected chi connectivity index (χ2v) is 12.1. The molecule has 0 atom stereocenters. The Morgan fingerprint density at radius 2 is 0.977 bits per heavy atom. The molecule has 1 heterocycles. The van der Waals surface area contributed by atoms with Crippen molar-refractivity contribution in [3.63, 3.8) is 0 Å². The molecule has 7 aromatic carbocycles. The molecule has 200 valence electrons. The van der Waals surface area contributed by atoms with Gasteiger partial charge in [-0.1, -0.05) is 127 Å². The van der Waals surface area contributed by atoms with Crippen molar-refractivity contribution in [2.24, 2.45) is 7.05 Å². The summed E-state index contributed by atoms with van der Waals surface area (Å²) in [7, 11) is 2.20. The lowest BCUT2D eigenvalue weighted by molar-refractivity contribution is 0.794. The highest BCUT2D eigenvalue weighted by Gasteiger charge is 2.51. The van der Waals surface area contributed by atoms with Gasteiger partial charge in [-0.05, 0) is 84.6 Å². The van der Waals surface area contributed by atoms with Crippen LogP contribution < -0.4 is 0 Å². The molecular formula is C42H27N. The number of fused-ring (bicyclic) bond motifs is 15. The van der Waals surface area contributed by atoms with Crippen LogP contribution in [0.5, 0.6) is 0 Å². The van der Waals surface area contributed by atoms with E-state index < -0.39 is 0 Å². The van der Waals surface area contributed by atoms with Gasteiger partial charge in [-0.15, -0.1) is 0 Å². The first-order chi connectivity index (χ1) is 21.2. The van der Waals surface area contributed by atoms with E-state index in [4.69, 9.17) is 0 Å². The van der Waals surface area contributed by atoms with E-state index in [1.54, 1.807) is 0 Å². The molecule has 0 bridgehead atoms. The first kappa shape index (κ1) is 23.2. The van der Waals surface area contributed by atoms with Crippen molar-refractivity contribution in [3.8, 4) is 33.4 Å². The van der Waals surface area contributed by atoms with Crippen LogP contribution in [0.25, 0.3) is 66.0 Å². The molecule has 0 unspecified atom stereocenters. The molecule has 1 heteroatoms. The summed E-state index contributed by atoms with van der Waals surface area (Å²) in [5.74, 6) is 0. The smallest absolute Gasteiger partial charge is 0.0725 e. The minimum atomic E-state index is -0.322. The molecule has 43 heavy (non-hydrogen) atoms. The summed E-state index contributed by atoms with van der Waals surface area (Å²) in [5.41, 5.74) is 15.6. The highest BCUT2D eigenvalue weighted by Crippen LogP contribution is 2.63. The Morgan fingerprint density at radius 3 is 1.67 bits per heavy atom. The van der Waals surface area contributed by atoms with Crippen molar-refractivity contribution < 1.29 is 0 Å². The number of benzene rings is 7. The van der Waals surface area contributed by atoms with Crippen LogP contribution in [0.3, 0.4) is 0 Å². The molecule has 0 saturated heterocycles. The molecule has 1 aromatic heterocycles. The highest BCUT2D eigenvalue weighted by atomic mass is 14.9. The third-order valence-corrected chi connectivity index (χ3v) is 10.2. The van der Waals surface area contributed by atoms with Crippen LogP contribution in [-0.2, 0) is 12.5 Å². The summed E-state index contributed by atoms with van der Waals surface area (Å²) in [4.78, 5) is 0. The monoisotopic (exact) mass is 545 g/mol. The van der Waals surface area contributed by atoms with Crippen LogP contribution in [0, 0.1) is 0 Å². The SMILES string of the molecule is Cn1c2cc(-c3ccc4c(c3)C3(c5ccccc5-c5ccccc53)c3ccccc3-4)ccc2c2c3ccccc3ccc21. The number of hydrogen-bond acceptors (Lipinski definition) is 0. The summed E-state index contributed by atoms with van der Waals surface area (Å²) in [6.07, 6.45) is 0. The molecule has 0 aliphatic heterocycles. The summed E-state index contributed by atoms with van der Waals surface area (Å²) < 4.78 is 2.36. The van der Waals surface area contributed by atoms with Gasteiger partial charge in [-0.25, -0.2) is 0 Å². The fourth-order valence-electron chi connectivity index (χ4n) is 8.43. The zero-order valence-electron chi connectivity index (χ0n) is 23.8. The van der Waals surface area contributed by atoms with Crippen molar-refractivity contribution in [1.29, 1.82) is 0 Å². The fraction of sp³-hybridized carbons (Fsp3) is 0.0476. The average molecular weight is 546 g/mol. The van der Waals surface area contributed by atoms with Crippen LogP contribution in [0.15, 0.2) is 146 Å². The lowest BCUT2D eigenvalue weighted by atomic mass is 9.70. The number of nitrogens with zero attached hydrogens (tertiary/aromatic N) is 1. The minimum Gasteiger partial charge on any atom is -0.344 e. The normalized spacial score (nSPS) is 13.9. The Balaban J connectivity index is 1.25. The van der Waals surface area contributed by atoms with Gasteiger partial charge in [0, 0.05) is 28.9 Å². The molecule has 1 spiro atoms. The predicted octanol–water partition coefficient (Wildman–Crippen LogP) is 10.5. The predicted molar refractivity (Wildman–Crippen MR) is 180 cm³/mol. The second kappa shape index (κ2) is 8.12. The molecule has 0 fully saturated rings. The van der Waals surface area contributed by atoms with Gasteiger partial charge >= 0.3 is 0 Å². The molecule has 10 rings (SSSR count). The van der Waals surface area contributed by atoms with Crippen molar-refractivity contribution in [2.45, 2.75) is 5.41 Å². The van der Waals surface area contributed by atoms with Gasteiger partial charge in [0.25, 0.3) is 0 Å². The minimum absolute atomic E-state index is 0.322. The molecule has 0 N–H and O–H groups in total. The van der Waals surface area contributed by atoms with E-state index in [1.165, 1.54) is 88.2 Å². The maximum Gasteiger partial charge on any atom is 0.0725 e. The Labute approximate surface area is 250 Å². The Hall–Kier alpha value is -5.40. The first-order valence-corrected chi connectivity index (χ1v) is 15.1. The number of aryl methyl sites for hydroxylation is 1. The van der Waals surface area contributed by atoms with Crippen molar-refractivity contribution in [1.82, 2.24) is 4.57 Å². The van der Waals surface area contributed by atoms with Crippen molar-refractivity contribution in [3.05, 3.63) is 168 Å². The van der Waals surface area contributed by atoms with Gasteiger partial charge in [0.1, 0.15) is 0 Å². The second-order valence-electron chi connectivity index (χ2n) is 12.1. The Bertz CT molecular complexity index is 2410. The van der Waals surface area contributed by atoms with Gasteiger partial charge in [0.05, 0.1) is 5.41 Å². The van der Waals surface area contributed by atoms with E-state index in [9.17, 15) is 0 Å². The van der Waals surface area contributed by atoms with E-state index >= 15 is 0 Å². The molecule has 0 amide bonds. The standard InChI is InChI=1S/C42H27N/c1-43-39-23-20-26-10-2-3-11-29(26)41(39)34-22-19-28(25-40(34)43)27-18-21-33-32-14-6-9-17-37(32)42(38(33)24-27)35-15-7-4-12-30(35)31-13-5-8-16-36(31)42/h2-25H,1H3. The molecule has 0 saturated carbocycles. The lowest BCUT2D eigenvalue weighted by Crippen LogP contribution is -2.25. The van der Waals surface area contributed by atoms with Gasteiger partial charge in [-0.3, -0.25) is 0 Å². The van der Waals surface area contributed by atoms with E-state index in [0.29, 0.717) is 0 Å². The summed E-state index contributed by atoms with van der Waals surface area (Å²) in [6.45, 7) is 0. The number of hydrogen-bond donors (Lipinski definition) is 0. The largest absolute Gasteiger partial charge is 0.344 e. The molecule has 2 aliphatic rings. The van der Waals surface area contributed by atoms with Gasteiger partial charge in [0.2, 0.25) is 0 Å². The Kier molecular flexibility index (Phi) is 4.38. The number of aromatic nitrogens is 1. The highest BCUT2D eigenvalue weighted by molar-refractivity contribution is 6.21. The average Bonchev–Trinajstić information content (AvgIpc) is 3.66. The fourth-order valence-corrected chi connectivity index (χ4v) is 8.43. The van der Waals surface area contributed by atoms with Crippen molar-refractivity contribution >= 4 is 32.6 Å². The molecule has 1 nitrogen and oxygen atoms in total. The summed E-state index contributed by atoms with van der Waals surface area (Å²) in [6, 6.07) is 54.5. The van der Waals surface area contributed by atoms with Crippen LogP contribution in [-0.4, -0.2) is 4.57 Å². The van der Waals surface area contributed by atoms with Crippen LogP contribution in [0.4, 0.5) is 0 Å². The van der Waals surface area contributed by atoms with Crippen molar-refractivity contribution in [2.75, 3.05) is 0 Å². The zero-order chi connectivity index (χ0) is 28.3. The summed E-state index contributed by atoms with van der Waals surface area (Å²) >= 11 is 0. The molecule has 0 radical (unpaired) electrons. The molecule has 2 aliphatic carbocycles. The maximum atomic E-state index is 2.48. The third kappa shape index (κ3) is 2.78. The third-order valence-electron chi connectivity index (χ3n) is 10.2. The molecular weight excluding hydrogens is 518 g/mol. The van der Waals surface area contributed by atoms with Gasteiger partial charge < -0.3 is 4.57 Å².